The van der Waals surface area contributed by atoms with Gasteiger partial charge >= 0.3 is 12.0 Å². The van der Waals surface area contributed by atoms with Crippen LogP contribution >= 0.6 is 11.6 Å². The molecule has 0 saturated carbocycles. The van der Waals surface area contributed by atoms with Gasteiger partial charge in [-0.15, -0.1) is 0 Å². The molecule has 16 heavy (non-hydrogen) atoms. The summed E-state index contributed by atoms with van der Waals surface area (Å²) in [4.78, 5) is 10.7. The van der Waals surface area contributed by atoms with Crippen LogP contribution in [0.4, 0.5) is 8.78 Å². The maximum atomic E-state index is 13.0. The number of hydrazine groups is 1. The predicted octanol–water partition coefficient (Wildman–Crippen LogP) is 1.61. The normalized spacial score (nSPS) is 11.1. The van der Waals surface area contributed by atoms with Gasteiger partial charge in [-0.1, -0.05) is 17.7 Å². The molecule has 4 nitrogen and oxygen atoms in total. The lowest BCUT2D eigenvalue weighted by molar-refractivity contribution is -0.192. The molecule has 1 amide bonds. The Morgan fingerprint density at radius 2 is 2.19 bits per heavy atom. The largest absolute Gasteiger partial charge is 0.483 e. The van der Waals surface area contributed by atoms with E-state index in [1.54, 1.807) is 13.0 Å². The van der Waals surface area contributed by atoms with Gasteiger partial charge in [0.2, 0.25) is 0 Å². The molecule has 0 saturated heterocycles. The Morgan fingerprint density at radius 1 is 1.56 bits per heavy atom. The van der Waals surface area contributed by atoms with Crippen LogP contribution in [0.2, 0.25) is 5.02 Å². The second-order valence-electron chi connectivity index (χ2n) is 3.03. The third-order valence-corrected chi connectivity index (χ3v) is 2.03. The molecule has 3 N–H and O–H groups in total. The van der Waals surface area contributed by atoms with Crippen LogP contribution in [0.3, 0.4) is 0 Å². The molecule has 0 fully saturated rings. The van der Waals surface area contributed by atoms with E-state index in [4.69, 9.17) is 11.6 Å². The lowest BCUT2D eigenvalue weighted by Crippen LogP contribution is -2.47. The smallest absolute Gasteiger partial charge is 0.424 e. The summed E-state index contributed by atoms with van der Waals surface area (Å²) in [6, 6.07) is 4.30. The van der Waals surface area contributed by atoms with Crippen molar-refractivity contribution in [1.29, 1.82) is 0 Å². The number of carbonyl (C=O) groups is 1. The molecule has 0 aliphatic rings. The summed E-state index contributed by atoms with van der Waals surface area (Å²) in [5.74, 6) is 2.56. The quantitative estimate of drug-likeness (QED) is 0.487. The monoisotopic (exact) mass is 250 g/mol. The van der Waals surface area contributed by atoms with Gasteiger partial charge in [0.1, 0.15) is 5.75 Å². The fourth-order valence-electron chi connectivity index (χ4n) is 0.957. The average Bonchev–Trinajstić information content (AvgIpc) is 2.22. The van der Waals surface area contributed by atoms with Gasteiger partial charge in [-0.05, 0) is 24.6 Å². The highest BCUT2D eigenvalue weighted by Crippen LogP contribution is 2.30. The van der Waals surface area contributed by atoms with Gasteiger partial charge in [0.15, 0.2) is 0 Å². The Kier molecular flexibility index (Phi) is 3.66. The lowest BCUT2D eigenvalue weighted by Gasteiger charge is -2.16. The van der Waals surface area contributed by atoms with Gasteiger partial charge in [0.05, 0.1) is 5.02 Å². The Morgan fingerprint density at radius 3 is 2.75 bits per heavy atom. The molecule has 0 radical (unpaired) electrons. The third kappa shape index (κ3) is 2.80. The van der Waals surface area contributed by atoms with E-state index in [2.05, 4.69) is 10.6 Å². The standard InChI is InChI=1S/C9H9ClF2N2O2/c1-5-2-3-6(10)7(4-5)16-9(11,12)8(15)14-13/h2-4H,13H2,1H3,(H,14,15). The van der Waals surface area contributed by atoms with Gasteiger partial charge in [-0.3, -0.25) is 10.2 Å². The van der Waals surface area contributed by atoms with E-state index in [1.165, 1.54) is 17.6 Å². The summed E-state index contributed by atoms with van der Waals surface area (Å²) >= 11 is 5.63. The number of aryl methyl sites for hydroxylation is 1. The van der Waals surface area contributed by atoms with Gasteiger partial charge in [0.25, 0.3) is 0 Å². The molecule has 1 aromatic carbocycles. The molecule has 0 aromatic heterocycles. The van der Waals surface area contributed by atoms with Crippen molar-refractivity contribution >= 4 is 17.5 Å². The van der Waals surface area contributed by atoms with Gasteiger partial charge in [0, 0.05) is 0 Å². The van der Waals surface area contributed by atoms with Crippen LogP contribution in [0.1, 0.15) is 5.56 Å². The van der Waals surface area contributed by atoms with E-state index in [-0.39, 0.29) is 10.8 Å². The van der Waals surface area contributed by atoms with E-state index in [0.717, 1.165) is 0 Å². The number of amides is 1. The number of hydrogen-bond acceptors (Lipinski definition) is 3. The van der Waals surface area contributed by atoms with E-state index in [9.17, 15) is 13.6 Å². The van der Waals surface area contributed by atoms with Crippen molar-refractivity contribution in [2.24, 2.45) is 5.84 Å². The molecule has 0 aliphatic heterocycles. The summed E-state index contributed by atoms with van der Waals surface area (Å²) in [7, 11) is 0. The molecule has 0 bridgehead atoms. The van der Waals surface area contributed by atoms with Crippen LogP contribution in [0.25, 0.3) is 0 Å². The van der Waals surface area contributed by atoms with Crippen LogP contribution in [0.5, 0.6) is 5.75 Å². The molecule has 0 atom stereocenters. The number of hydrogen-bond donors (Lipinski definition) is 2. The van der Waals surface area contributed by atoms with Crippen molar-refractivity contribution in [2.45, 2.75) is 13.0 Å². The number of halogens is 3. The van der Waals surface area contributed by atoms with Crippen molar-refractivity contribution in [1.82, 2.24) is 5.43 Å². The molecule has 0 spiro atoms. The first-order chi connectivity index (χ1) is 7.36. The number of carbonyl (C=O) groups excluding carboxylic acids is 1. The molecule has 1 aromatic rings. The Labute approximate surface area is 95.3 Å². The number of benzene rings is 1. The van der Waals surface area contributed by atoms with Crippen LogP contribution < -0.4 is 16.0 Å². The van der Waals surface area contributed by atoms with Crippen molar-refractivity contribution in [2.75, 3.05) is 0 Å². The Bertz CT molecular complexity index is 412. The van der Waals surface area contributed by atoms with Crippen molar-refractivity contribution < 1.29 is 18.3 Å². The highest BCUT2D eigenvalue weighted by molar-refractivity contribution is 6.32. The number of ether oxygens (including phenoxy) is 1. The average molecular weight is 251 g/mol. The minimum absolute atomic E-state index is 0.0184. The third-order valence-electron chi connectivity index (χ3n) is 1.72. The topological polar surface area (TPSA) is 64.3 Å². The molecule has 7 heteroatoms. The fraction of sp³-hybridized carbons (Fsp3) is 0.222. The summed E-state index contributed by atoms with van der Waals surface area (Å²) in [6.45, 7) is 1.67. The molecule has 0 heterocycles. The zero-order chi connectivity index (χ0) is 12.3. The van der Waals surface area contributed by atoms with Gasteiger partial charge < -0.3 is 4.74 Å². The minimum Gasteiger partial charge on any atom is -0.424 e. The maximum absolute atomic E-state index is 13.0. The van der Waals surface area contributed by atoms with Gasteiger partial charge in [-0.2, -0.15) is 8.78 Å². The van der Waals surface area contributed by atoms with Gasteiger partial charge in [-0.25, -0.2) is 5.84 Å². The second kappa shape index (κ2) is 4.63. The summed E-state index contributed by atoms with van der Waals surface area (Å²) in [5.41, 5.74) is 1.97. The van der Waals surface area contributed by atoms with E-state index in [0.29, 0.717) is 5.56 Å². The van der Waals surface area contributed by atoms with Crippen LogP contribution in [0, 0.1) is 6.92 Å². The highest BCUT2D eigenvalue weighted by Gasteiger charge is 2.42. The zero-order valence-corrected chi connectivity index (χ0v) is 9.02. The lowest BCUT2D eigenvalue weighted by atomic mass is 10.2. The molecule has 0 aliphatic carbocycles. The molecular weight excluding hydrogens is 242 g/mol. The van der Waals surface area contributed by atoms with E-state index < -0.39 is 12.0 Å². The SMILES string of the molecule is Cc1ccc(Cl)c(OC(F)(F)C(=O)NN)c1. The van der Waals surface area contributed by atoms with Crippen molar-refractivity contribution in [3.05, 3.63) is 28.8 Å². The first kappa shape index (κ1) is 12.7. The number of nitrogens with one attached hydrogen (secondary N) is 1. The van der Waals surface area contributed by atoms with Crippen LogP contribution in [-0.4, -0.2) is 12.0 Å². The number of rotatable bonds is 3. The molecular formula is C9H9ClF2N2O2. The Hall–Kier alpha value is -1.40. The fourth-order valence-corrected chi connectivity index (χ4v) is 1.11. The summed E-state index contributed by atoms with van der Waals surface area (Å²) in [6.07, 6.45) is -4.06. The van der Waals surface area contributed by atoms with E-state index in [1.807, 2.05) is 0 Å². The predicted molar refractivity (Wildman–Crippen MR) is 54.1 cm³/mol. The first-order valence-corrected chi connectivity index (χ1v) is 4.58. The molecule has 0 unspecified atom stereocenters. The number of alkyl halides is 2. The van der Waals surface area contributed by atoms with E-state index >= 15 is 0 Å². The van der Waals surface area contributed by atoms with Crippen molar-refractivity contribution in [3.63, 3.8) is 0 Å². The zero-order valence-electron chi connectivity index (χ0n) is 8.26. The van der Waals surface area contributed by atoms with Crippen LogP contribution in [0.15, 0.2) is 18.2 Å². The number of nitrogens with two attached hydrogens (primary N) is 1. The highest BCUT2D eigenvalue weighted by atomic mass is 35.5. The maximum Gasteiger partial charge on any atom is 0.483 e. The summed E-state index contributed by atoms with van der Waals surface area (Å²) < 4.78 is 30.3. The van der Waals surface area contributed by atoms with Crippen LogP contribution in [-0.2, 0) is 4.79 Å². The molecule has 1 rings (SSSR count). The Balaban J connectivity index is 2.95. The molecule has 88 valence electrons. The van der Waals surface area contributed by atoms with Crippen molar-refractivity contribution in [3.8, 4) is 5.75 Å². The second-order valence-corrected chi connectivity index (χ2v) is 3.43. The summed E-state index contributed by atoms with van der Waals surface area (Å²) in [5, 5.41) is -0.0184. The first-order valence-electron chi connectivity index (χ1n) is 4.21. The minimum atomic E-state index is -4.06.